The molecule has 1 aliphatic rings. The predicted octanol–water partition coefficient (Wildman–Crippen LogP) is 7.94. The molecular weight excluding hydrogens is 535 g/mol. The Balaban J connectivity index is 0.00000181. The SMILES string of the molecule is Cl.[Lu][C]1=C(c2cccc3cc4ccc5cc6ccccc6cc5c4cc23)C=CC1. The van der Waals surface area contributed by atoms with Crippen molar-refractivity contribution >= 4 is 61.1 Å². The van der Waals surface area contributed by atoms with Gasteiger partial charge in [-0.25, -0.2) is 0 Å². The van der Waals surface area contributed by atoms with Crippen molar-refractivity contribution in [2.75, 3.05) is 0 Å². The second-order valence-corrected chi connectivity index (χ2v) is 8.44. The third-order valence-electron chi connectivity index (χ3n) is 5.81. The quantitative estimate of drug-likeness (QED) is 0.146. The average molecular weight is 553 g/mol. The van der Waals surface area contributed by atoms with Gasteiger partial charge in [0.2, 0.25) is 0 Å². The third kappa shape index (κ3) is 3.10. The van der Waals surface area contributed by atoms with Crippen molar-refractivity contribution in [2.45, 2.75) is 6.42 Å². The maximum absolute atomic E-state index is 3.59. The molecule has 0 radical (unpaired) electrons. The number of rotatable bonds is 1. The summed E-state index contributed by atoms with van der Waals surface area (Å²) in [6, 6.07) is 29.1. The summed E-state index contributed by atoms with van der Waals surface area (Å²) < 4.78 is 1.29. The van der Waals surface area contributed by atoms with E-state index >= 15 is 0 Å². The molecule has 0 fully saturated rings. The zero-order valence-corrected chi connectivity index (χ0v) is 18.0. The summed E-state index contributed by atoms with van der Waals surface area (Å²) in [6.45, 7) is 0. The van der Waals surface area contributed by atoms with Crippen LogP contribution < -0.4 is 0 Å². The van der Waals surface area contributed by atoms with E-state index in [9.17, 15) is 0 Å². The average Bonchev–Trinajstić information content (AvgIpc) is 3.16. The summed E-state index contributed by atoms with van der Waals surface area (Å²) in [5.41, 5.74) is 2.62. The number of allylic oxidation sites excluding steroid dienone is 4. The van der Waals surface area contributed by atoms with Crippen LogP contribution in [0.4, 0.5) is 0 Å². The molecule has 0 spiro atoms. The molecule has 0 N–H and O–H groups in total. The molecule has 0 atom stereocenters. The molecule has 0 bridgehead atoms. The normalized spacial score (nSPS) is 13.7. The van der Waals surface area contributed by atoms with E-state index in [0.717, 1.165) is 6.42 Å². The van der Waals surface area contributed by atoms with Crippen LogP contribution in [0, 0.1) is 35.0 Å². The Morgan fingerprint density at radius 1 is 0.586 bits per heavy atom. The number of benzene rings is 5. The fraction of sp³-hybridized carbons (Fsp3) is 0.0370. The zero-order chi connectivity index (χ0) is 18.7. The summed E-state index contributed by atoms with van der Waals surface area (Å²) in [5.74, 6) is 0. The molecule has 0 saturated carbocycles. The van der Waals surface area contributed by atoms with E-state index in [4.69, 9.17) is 0 Å². The van der Waals surface area contributed by atoms with Crippen LogP contribution in [0.3, 0.4) is 0 Å². The minimum atomic E-state index is 0. The van der Waals surface area contributed by atoms with Crippen LogP contribution in [0.25, 0.3) is 48.7 Å². The second-order valence-electron chi connectivity index (χ2n) is 7.44. The summed E-state index contributed by atoms with van der Waals surface area (Å²) in [6.07, 6.45) is 5.46. The van der Waals surface area contributed by atoms with Gasteiger partial charge < -0.3 is 0 Å². The van der Waals surface area contributed by atoms with Gasteiger partial charge >= 0.3 is 188 Å². The molecule has 0 saturated heterocycles. The van der Waals surface area contributed by atoms with E-state index in [2.05, 4.69) is 126 Å². The zero-order valence-electron chi connectivity index (χ0n) is 15.5. The molecule has 2 heteroatoms. The number of hydrogen-bond acceptors (Lipinski definition) is 0. The van der Waals surface area contributed by atoms with Crippen LogP contribution in [0.1, 0.15) is 12.0 Å². The van der Waals surface area contributed by atoms with E-state index in [0.29, 0.717) is 0 Å². The first kappa shape index (κ1) is 19.1. The minimum absolute atomic E-state index is 0. The fourth-order valence-corrected chi connectivity index (χ4v) is 4.99. The molecule has 0 nitrogen and oxygen atoms in total. The predicted molar refractivity (Wildman–Crippen MR) is 124 cm³/mol. The summed E-state index contributed by atoms with van der Waals surface area (Å²) in [5, 5.41) is 10.4. The molecule has 0 unspecified atom stereocenters. The van der Waals surface area contributed by atoms with E-state index in [1.165, 1.54) is 56.0 Å². The van der Waals surface area contributed by atoms with Crippen molar-refractivity contribution in [3.05, 3.63) is 98.4 Å². The van der Waals surface area contributed by atoms with Crippen LogP contribution in [-0.4, -0.2) is 0 Å². The standard InChI is InChI=1S/C27H17.ClH.Lu/c1-2-7-18(6-1)24-11-5-10-21-15-23-13-12-22-14-19-8-3-4-9-20(19)16-25(22)27(23)17-26(21)24;;/h1,3-6,8-17H,2H2;1H;. The van der Waals surface area contributed by atoms with Gasteiger partial charge in [0.05, 0.1) is 0 Å². The molecule has 1 aliphatic carbocycles. The second kappa shape index (κ2) is 7.44. The van der Waals surface area contributed by atoms with Gasteiger partial charge in [-0.2, -0.15) is 0 Å². The Morgan fingerprint density at radius 2 is 1.21 bits per heavy atom. The van der Waals surface area contributed by atoms with Crippen molar-refractivity contribution in [3.8, 4) is 0 Å². The van der Waals surface area contributed by atoms with Crippen LogP contribution in [0.5, 0.6) is 0 Å². The first-order chi connectivity index (χ1) is 13.8. The Kier molecular flexibility index (Phi) is 4.91. The molecule has 0 heterocycles. The fourth-order valence-electron chi connectivity index (χ4n) is 4.43. The molecule has 29 heavy (non-hydrogen) atoms. The van der Waals surface area contributed by atoms with Crippen LogP contribution >= 0.6 is 12.4 Å². The van der Waals surface area contributed by atoms with E-state index in [1.807, 2.05) is 0 Å². The van der Waals surface area contributed by atoms with Gasteiger partial charge in [-0.15, -0.1) is 12.4 Å². The summed E-state index contributed by atoms with van der Waals surface area (Å²) in [7, 11) is 0. The number of hydrogen-bond donors (Lipinski definition) is 0. The molecular formula is C27H18ClLu. The third-order valence-corrected chi connectivity index (χ3v) is 6.59. The van der Waals surface area contributed by atoms with Gasteiger partial charge in [-0.1, -0.05) is 0 Å². The first-order valence-electron chi connectivity index (χ1n) is 9.55. The monoisotopic (exact) mass is 552 g/mol. The maximum atomic E-state index is 3.59. The Bertz CT molecular complexity index is 1490. The molecule has 0 aromatic heterocycles. The topological polar surface area (TPSA) is 0 Å². The van der Waals surface area contributed by atoms with Gasteiger partial charge in [-0.05, 0) is 0 Å². The first-order valence-corrected chi connectivity index (χ1v) is 10.4. The Hall–Kier alpha value is -1.86. The van der Waals surface area contributed by atoms with Crippen molar-refractivity contribution in [2.24, 2.45) is 0 Å². The van der Waals surface area contributed by atoms with E-state index < -0.39 is 0 Å². The number of halogens is 1. The molecule has 5 aromatic carbocycles. The van der Waals surface area contributed by atoms with Crippen LogP contribution in [-0.2, 0) is 0 Å². The van der Waals surface area contributed by atoms with Crippen molar-refractivity contribution < 1.29 is 35.0 Å². The molecule has 5 aromatic rings. The molecule has 0 amide bonds. The van der Waals surface area contributed by atoms with Crippen molar-refractivity contribution in [1.82, 2.24) is 0 Å². The summed E-state index contributed by atoms with van der Waals surface area (Å²) in [4.78, 5) is 0. The van der Waals surface area contributed by atoms with E-state index in [-0.39, 0.29) is 12.4 Å². The van der Waals surface area contributed by atoms with Gasteiger partial charge in [0.25, 0.3) is 0 Å². The van der Waals surface area contributed by atoms with Gasteiger partial charge in [0.1, 0.15) is 0 Å². The van der Waals surface area contributed by atoms with Crippen LogP contribution in [0.15, 0.2) is 92.8 Å². The van der Waals surface area contributed by atoms with Gasteiger partial charge in [0.15, 0.2) is 0 Å². The summed E-state index contributed by atoms with van der Waals surface area (Å²) >= 11 is 3.59. The Labute approximate surface area is 199 Å². The van der Waals surface area contributed by atoms with E-state index in [1.54, 1.807) is 0 Å². The molecule has 148 valence electrons. The van der Waals surface area contributed by atoms with Crippen molar-refractivity contribution in [1.29, 1.82) is 0 Å². The molecule has 6 rings (SSSR count). The van der Waals surface area contributed by atoms with Crippen molar-refractivity contribution in [3.63, 3.8) is 0 Å². The Morgan fingerprint density at radius 3 is 1.93 bits per heavy atom. The van der Waals surface area contributed by atoms with Gasteiger partial charge in [0, 0.05) is 0 Å². The molecule has 0 aliphatic heterocycles. The number of fused-ring (bicyclic) bond motifs is 5. The van der Waals surface area contributed by atoms with Crippen LogP contribution in [0.2, 0.25) is 0 Å². The van der Waals surface area contributed by atoms with Gasteiger partial charge in [-0.3, -0.25) is 0 Å².